The number of benzene rings is 3. The van der Waals surface area contributed by atoms with Gasteiger partial charge in [-0.15, -0.1) is 11.3 Å². The van der Waals surface area contributed by atoms with Crippen LogP contribution in [0.4, 0.5) is 0 Å². The number of amides is 5. The molecular formula is C53H63N7O9S. The van der Waals surface area contributed by atoms with E-state index in [1.54, 1.807) is 30.0 Å². The number of nitrogens with one attached hydrogen (secondary N) is 4. The standard InChI is InChI=1S/C53H63N7O9S/c1-35-48(70-34-58-35)40-19-17-37(18-20-40)29-57-51(65)44-28-42(61)32-60(44)52(66)49(53(2,3)4)59-47(63)33-69-24-23-68-22-21-54-46(62)26-38-14-9-15-39(25-38)30-56-50(64)43-27-41(45(67-5)31-55-43)16-10-13-36-11-7-6-8-12-36/h6-12,14-20,25,27,31,34,42,44,49,61H,13,21-24,26,28-30,32-33H2,1-5H3,(H,54,62)(H,56,64)(H,57,65)(H,59,63)/b16-10+/t42-,44+,49-/m1/s1. The number of rotatable bonds is 23. The van der Waals surface area contributed by atoms with Gasteiger partial charge in [-0.3, -0.25) is 24.0 Å². The lowest BCUT2D eigenvalue weighted by Gasteiger charge is -2.35. The van der Waals surface area contributed by atoms with Crippen molar-refractivity contribution in [3.8, 4) is 16.2 Å². The number of ether oxygens (including phenoxy) is 3. The Balaban J connectivity index is 0.861. The Hall–Kier alpha value is -6.79. The molecule has 3 aromatic carbocycles. The molecule has 1 fully saturated rings. The van der Waals surface area contributed by atoms with E-state index in [1.807, 2.05) is 119 Å². The van der Waals surface area contributed by atoms with Crippen LogP contribution in [0.15, 0.2) is 103 Å². The minimum atomic E-state index is -0.995. The number of methoxy groups -OCH3 is 1. The van der Waals surface area contributed by atoms with Crippen LogP contribution in [0.5, 0.6) is 5.75 Å². The Labute approximate surface area is 413 Å². The zero-order chi connectivity index (χ0) is 50.0. The average Bonchev–Trinajstić information content (AvgIpc) is 3.97. The highest BCUT2D eigenvalue weighted by Gasteiger charge is 2.44. The second-order valence-electron chi connectivity index (χ2n) is 18.0. The van der Waals surface area contributed by atoms with Gasteiger partial charge >= 0.3 is 0 Å². The second kappa shape index (κ2) is 25.7. The van der Waals surface area contributed by atoms with E-state index in [0.29, 0.717) is 5.75 Å². The molecular weight excluding hydrogens is 911 g/mol. The summed E-state index contributed by atoms with van der Waals surface area (Å²) >= 11 is 1.56. The fourth-order valence-electron chi connectivity index (χ4n) is 7.82. The van der Waals surface area contributed by atoms with Gasteiger partial charge < -0.3 is 45.5 Å². The largest absolute Gasteiger partial charge is 0.495 e. The van der Waals surface area contributed by atoms with Crippen LogP contribution in [0.1, 0.15) is 71.2 Å². The minimum absolute atomic E-state index is 0.0359. The maximum Gasteiger partial charge on any atom is 0.270 e. The number of likely N-dealkylation sites (tertiary alicyclic amines) is 1. The van der Waals surface area contributed by atoms with Gasteiger partial charge in [0.1, 0.15) is 30.1 Å². The summed E-state index contributed by atoms with van der Waals surface area (Å²) in [5.41, 5.74) is 7.72. The average molecular weight is 974 g/mol. The normalized spacial score (nSPS) is 15.1. The predicted molar refractivity (Wildman–Crippen MR) is 268 cm³/mol. The molecule has 17 heteroatoms. The molecule has 0 aliphatic carbocycles. The fourth-order valence-corrected chi connectivity index (χ4v) is 8.63. The van der Waals surface area contributed by atoms with Crippen molar-refractivity contribution >= 4 is 46.9 Å². The number of hydrogen-bond acceptors (Lipinski definition) is 12. The number of aromatic nitrogens is 2. The van der Waals surface area contributed by atoms with Gasteiger partial charge in [0.05, 0.1) is 61.7 Å². The van der Waals surface area contributed by atoms with Crippen LogP contribution in [-0.2, 0) is 54.6 Å². The predicted octanol–water partition coefficient (Wildman–Crippen LogP) is 5.21. The third-order valence-electron chi connectivity index (χ3n) is 11.5. The number of aliphatic hydroxyl groups excluding tert-OH is 1. The van der Waals surface area contributed by atoms with Crippen molar-refractivity contribution in [2.24, 2.45) is 5.41 Å². The van der Waals surface area contributed by atoms with Crippen LogP contribution in [0, 0.1) is 12.3 Å². The molecule has 0 saturated carbocycles. The maximum atomic E-state index is 14.0. The molecule has 6 rings (SSSR count). The van der Waals surface area contributed by atoms with Gasteiger partial charge in [0.2, 0.25) is 23.6 Å². The molecule has 370 valence electrons. The zero-order valence-corrected chi connectivity index (χ0v) is 41.2. The monoisotopic (exact) mass is 973 g/mol. The van der Waals surface area contributed by atoms with E-state index in [4.69, 9.17) is 14.2 Å². The first kappa shape index (κ1) is 52.6. The maximum absolute atomic E-state index is 14.0. The topological polar surface area (TPSA) is 210 Å². The van der Waals surface area contributed by atoms with Gasteiger partial charge in [-0.25, -0.2) is 9.97 Å². The number of pyridine rings is 1. The van der Waals surface area contributed by atoms with Crippen molar-refractivity contribution in [3.05, 3.63) is 142 Å². The van der Waals surface area contributed by atoms with Crippen molar-refractivity contribution < 1.29 is 43.3 Å². The Bertz CT molecular complexity index is 2580. The Morgan fingerprint density at radius 3 is 2.30 bits per heavy atom. The summed E-state index contributed by atoms with van der Waals surface area (Å²) in [6.07, 6.45) is 5.51. The number of aryl methyl sites for hydroxylation is 1. The molecule has 3 atom stereocenters. The first-order chi connectivity index (χ1) is 33.7. The van der Waals surface area contributed by atoms with Crippen LogP contribution in [0.25, 0.3) is 16.5 Å². The van der Waals surface area contributed by atoms with Gasteiger partial charge in [-0.1, -0.05) is 112 Å². The molecule has 1 aliphatic rings. The van der Waals surface area contributed by atoms with Gasteiger partial charge in [-0.2, -0.15) is 0 Å². The van der Waals surface area contributed by atoms with Gasteiger partial charge in [-0.05, 0) is 52.6 Å². The molecule has 0 unspecified atom stereocenters. The molecule has 1 saturated heterocycles. The van der Waals surface area contributed by atoms with E-state index in [9.17, 15) is 29.1 Å². The van der Waals surface area contributed by atoms with Crippen molar-refractivity contribution in [3.63, 3.8) is 0 Å². The molecule has 3 heterocycles. The number of aliphatic hydroxyl groups is 1. The molecule has 0 radical (unpaired) electrons. The number of allylic oxidation sites excluding steroid dienone is 1. The minimum Gasteiger partial charge on any atom is -0.495 e. The highest BCUT2D eigenvalue weighted by Crippen LogP contribution is 2.29. The first-order valence-electron chi connectivity index (χ1n) is 23.3. The van der Waals surface area contributed by atoms with E-state index in [2.05, 4.69) is 31.2 Å². The molecule has 70 heavy (non-hydrogen) atoms. The summed E-state index contributed by atoms with van der Waals surface area (Å²) in [5.74, 6) is -1.35. The van der Waals surface area contributed by atoms with Crippen molar-refractivity contribution in [1.29, 1.82) is 0 Å². The highest BCUT2D eigenvalue weighted by atomic mass is 32.1. The molecule has 5 aromatic rings. The van der Waals surface area contributed by atoms with Crippen molar-refractivity contribution in [1.82, 2.24) is 36.1 Å². The van der Waals surface area contributed by atoms with E-state index < -0.39 is 35.4 Å². The van der Waals surface area contributed by atoms with Crippen LogP contribution in [-0.4, -0.2) is 114 Å². The van der Waals surface area contributed by atoms with E-state index in [-0.39, 0.29) is 88.9 Å². The lowest BCUT2D eigenvalue weighted by Crippen LogP contribution is -2.58. The molecule has 2 aromatic heterocycles. The molecule has 16 nitrogen and oxygen atoms in total. The Morgan fingerprint density at radius 2 is 1.57 bits per heavy atom. The first-order valence-corrected chi connectivity index (χ1v) is 24.1. The summed E-state index contributed by atoms with van der Waals surface area (Å²) in [6, 6.07) is 25.1. The number of carbonyl (C=O) groups is 5. The lowest BCUT2D eigenvalue weighted by molar-refractivity contribution is -0.144. The summed E-state index contributed by atoms with van der Waals surface area (Å²) in [5, 5.41) is 22.0. The fraction of sp³-hybridized carbons (Fsp3) is 0.377. The highest BCUT2D eigenvalue weighted by molar-refractivity contribution is 7.13. The molecule has 0 bridgehead atoms. The quantitative estimate of drug-likeness (QED) is 0.0537. The molecule has 0 spiro atoms. The molecule has 1 aliphatic heterocycles. The van der Waals surface area contributed by atoms with E-state index in [0.717, 1.165) is 44.8 Å². The summed E-state index contributed by atoms with van der Waals surface area (Å²) < 4.78 is 16.6. The van der Waals surface area contributed by atoms with Gasteiger partial charge in [0.15, 0.2) is 0 Å². The summed E-state index contributed by atoms with van der Waals surface area (Å²) in [6.45, 7) is 8.24. The van der Waals surface area contributed by atoms with Crippen molar-refractivity contribution in [2.45, 2.75) is 78.2 Å². The zero-order valence-electron chi connectivity index (χ0n) is 40.4. The number of nitrogens with zero attached hydrogens (tertiary/aromatic N) is 3. The second-order valence-corrected chi connectivity index (χ2v) is 18.9. The summed E-state index contributed by atoms with van der Waals surface area (Å²) in [7, 11) is 1.56. The third kappa shape index (κ3) is 15.6. The summed E-state index contributed by atoms with van der Waals surface area (Å²) in [4.78, 5) is 77.2. The van der Waals surface area contributed by atoms with Gasteiger partial charge in [0, 0.05) is 38.2 Å². The van der Waals surface area contributed by atoms with E-state index >= 15 is 0 Å². The molecule has 5 amide bonds. The smallest absolute Gasteiger partial charge is 0.270 e. The number of carbonyl (C=O) groups excluding carboxylic acids is 5. The van der Waals surface area contributed by atoms with Crippen LogP contribution < -0.4 is 26.0 Å². The van der Waals surface area contributed by atoms with E-state index in [1.165, 1.54) is 16.7 Å². The van der Waals surface area contributed by atoms with Crippen LogP contribution in [0.3, 0.4) is 0 Å². The lowest BCUT2D eigenvalue weighted by atomic mass is 9.85. The SMILES string of the molecule is COc1cnc(C(=O)NCc2cccc(CC(=O)NCCOCCOCC(=O)N[C@H](C(=O)N3C[C@H](O)C[C@H]3C(=O)NCc3ccc(-c4scnc4C)cc3)C(C)(C)C)c2)cc1/C=C/Cc1ccccc1. The Kier molecular flexibility index (Phi) is 19.3. The van der Waals surface area contributed by atoms with Crippen molar-refractivity contribution in [2.75, 3.05) is 46.6 Å². The number of hydrogen-bond donors (Lipinski definition) is 5. The molecule has 5 N–H and O–H groups in total. The number of thiazole rings is 1. The van der Waals surface area contributed by atoms with Crippen LogP contribution in [0.2, 0.25) is 0 Å². The Morgan fingerprint density at radius 1 is 0.843 bits per heavy atom. The van der Waals surface area contributed by atoms with Crippen LogP contribution >= 0.6 is 11.3 Å². The third-order valence-corrected chi connectivity index (χ3v) is 12.5. The van der Waals surface area contributed by atoms with Gasteiger partial charge in [0.25, 0.3) is 5.91 Å². The number of β-amino-alcohol motifs (C(OH)–C–C–N with tert-alkyl or cyclic N) is 1.